The zero-order valence-electron chi connectivity index (χ0n) is 10.3. The number of rotatable bonds is 0. The van der Waals surface area contributed by atoms with E-state index in [1.165, 1.54) is 5.56 Å². The third kappa shape index (κ3) is 9.02. The highest BCUT2D eigenvalue weighted by atomic mass is 16.6. The van der Waals surface area contributed by atoms with Crippen molar-refractivity contribution in [1.29, 1.82) is 0 Å². The average Bonchev–Trinajstić information content (AvgIpc) is 2.17. The third-order valence-electron chi connectivity index (χ3n) is 1.46. The van der Waals surface area contributed by atoms with Crippen LogP contribution < -0.4 is 11.3 Å². The predicted molar refractivity (Wildman–Crippen MR) is 64.7 cm³/mol. The van der Waals surface area contributed by atoms with E-state index >= 15 is 0 Å². The van der Waals surface area contributed by atoms with Crippen LogP contribution in [0.1, 0.15) is 26.3 Å². The Labute approximate surface area is 96.8 Å². The van der Waals surface area contributed by atoms with Crippen molar-refractivity contribution in [2.24, 2.45) is 5.84 Å². The molecule has 1 aromatic rings. The standard InChI is InChI=1S/C7H8.C5H12N2O2/c1-7-5-3-2-4-6-7;1-5(2,3)9-4(8)7-6/h2-6H,1H3;6H2,1-3H3,(H,7,8). The number of hydrogen-bond donors (Lipinski definition) is 2. The first-order valence-corrected chi connectivity index (χ1v) is 5.06. The van der Waals surface area contributed by atoms with Crippen molar-refractivity contribution in [3.05, 3.63) is 35.9 Å². The quantitative estimate of drug-likeness (QED) is 0.404. The van der Waals surface area contributed by atoms with Crippen LogP contribution in [0.15, 0.2) is 30.3 Å². The Kier molecular flexibility index (Phi) is 6.18. The molecule has 0 bridgehead atoms. The largest absolute Gasteiger partial charge is 0.443 e. The van der Waals surface area contributed by atoms with Gasteiger partial charge in [0.25, 0.3) is 0 Å². The minimum Gasteiger partial charge on any atom is -0.443 e. The zero-order chi connectivity index (χ0) is 12.6. The van der Waals surface area contributed by atoms with E-state index in [9.17, 15) is 4.79 Å². The van der Waals surface area contributed by atoms with E-state index in [4.69, 9.17) is 10.6 Å². The average molecular weight is 224 g/mol. The summed E-state index contributed by atoms with van der Waals surface area (Å²) in [7, 11) is 0. The van der Waals surface area contributed by atoms with Gasteiger partial charge in [-0.2, -0.15) is 0 Å². The number of nitrogens with two attached hydrogens (primary N) is 1. The maximum Gasteiger partial charge on any atom is 0.421 e. The normalized spacial score (nSPS) is 9.81. The summed E-state index contributed by atoms with van der Waals surface area (Å²) in [5.41, 5.74) is 2.71. The van der Waals surface area contributed by atoms with E-state index in [1.807, 2.05) is 23.6 Å². The van der Waals surface area contributed by atoms with Gasteiger partial charge in [-0.15, -0.1) is 0 Å². The van der Waals surface area contributed by atoms with Crippen LogP contribution in [0.25, 0.3) is 0 Å². The van der Waals surface area contributed by atoms with Crippen LogP contribution in [0.5, 0.6) is 0 Å². The van der Waals surface area contributed by atoms with Crippen LogP contribution >= 0.6 is 0 Å². The summed E-state index contributed by atoms with van der Waals surface area (Å²) in [4.78, 5) is 10.4. The molecule has 0 spiro atoms. The number of benzene rings is 1. The molecule has 0 atom stereocenters. The number of nitrogens with one attached hydrogen (secondary N) is 1. The minimum atomic E-state index is -0.609. The van der Waals surface area contributed by atoms with Gasteiger partial charge in [0.1, 0.15) is 5.60 Å². The van der Waals surface area contributed by atoms with Gasteiger partial charge in [0.2, 0.25) is 0 Å². The van der Waals surface area contributed by atoms with Crippen LogP contribution in [0, 0.1) is 6.92 Å². The Balaban J connectivity index is 0.000000288. The van der Waals surface area contributed by atoms with Gasteiger partial charge in [0.05, 0.1) is 0 Å². The molecule has 0 fully saturated rings. The Morgan fingerprint density at radius 3 is 1.94 bits per heavy atom. The summed E-state index contributed by atoms with van der Waals surface area (Å²) in [6, 6.07) is 10.3. The first-order valence-electron chi connectivity index (χ1n) is 5.06. The number of ether oxygens (including phenoxy) is 1. The van der Waals surface area contributed by atoms with Gasteiger partial charge in [0.15, 0.2) is 0 Å². The van der Waals surface area contributed by atoms with Crippen LogP contribution in [-0.4, -0.2) is 11.7 Å². The number of amides is 1. The van der Waals surface area contributed by atoms with Gasteiger partial charge in [-0.3, -0.25) is 5.43 Å². The Morgan fingerprint density at radius 2 is 1.75 bits per heavy atom. The second-order valence-electron chi connectivity index (χ2n) is 4.30. The molecule has 90 valence electrons. The summed E-state index contributed by atoms with van der Waals surface area (Å²) in [5, 5.41) is 0. The summed E-state index contributed by atoms with van der Waals surface area (Å²) in [6.45, 7) is 7.38. The Morgan fingerprint density at radius 1 is 1.25 bits per heavy atom. The molecule has 0 radical (unpaired) electrons. The molecule has 0 aromatic heterocycles. The van der Waals surface area contributed by atoms with Crippen molar-refractivity contribution in [3.8, 4) is 0 Å². The molecule has 0 aliphatic heterocycles. The van der Waals surface area contributed by atoms with Crippen LogP contribution in [-0.2, 0) is 4.74 Å². The van der Waals surface area contributed by atoms with E-state index in [1.54, 1.807) is 20.8 Å². The molecule has 4 heteroatoms. The van der Waals surface area contributed by atoms with Gasteiger partial charge in [-0.25, -0.2) is 10.6 Å². The maximum atomic E-state index is 10.4. The highest BCUT2D eigenvalue weighted by Crippen LogP contribution is 2.05. The van der Waals surface area contributed by atoms with Crippen LogP contribution in [0.4, 0.5) is 4.79 Å². The molecule has 1 rings (SSSR count). The number of hydrogen-bond acceptors (Lipinski definition) is 3. The first-order chi connectivity index (χ1) is 7.35. The summed E-state index contributed by atoms with van der Waals surface area (Å²) in [6.07, 6.45) is -0.609. The molecular formula is C12H20N2O2. The van der Waals surface area contributed by atoms with E-state index < -0.39 is 11.7 Å². The SMILES string of the molecule is CC(C)(C)OC(=O)NN.Cc1ccccc1. The minimum absolute atomic E-state index is 0.469. The van der Waals surface area contributed by atoms with Crippen molar-refractivity contribution < 1.29 is 9.53 Å². The van der Waals surface area contributed by atoms with Crippen molar-refractivity contribution in [3.63, 3.8) is 0 Å². The smallest absolute Gasteiger partial charge is 0.421 e. The number of carbonyl (C=O) groups is 1. The third-order valence-corrected chi connectivity index (χ3v) is 1.46. The number of carbonyl (C=O) groups excluding carboxylic acids is 1. The topological polar surface area (TPSA) is 64.3 Å². The molecule has 0 heterocycles. The fourth-order valence-electron chi connectivity index (χ4n) is 0.842. The fourth-order valence-corrected chi connectivity index (χ4v) is 0.842. The summed E-state index contributed by atoms with van der Waals surface area (Å²) in [5.74, 6) is 4.75. The molecule has 16 heavy (non-hydrogen) atoms. The van der Waals surface area contributed by atoms with Crippen molar-refractivity contribution in [2.45, 2.75) is 33.3 Å². The molecule has 1 aromatic carbocycles. The molecule has 0 saturated carbocycles. The van der Waals surface area contributed by atoms with Gasteiger partial charge in [-0.05, 0) is 27.7 Å². The zero-order valence-corrected chi connectivity index (χ0v) is 10.3. The van der Waals surface area contributed by atoms with Crippen molar-refractivity contribution in [1.82, 2.24) is 5.43 Å². The van der Waals surface area contributed by atoms with Gasteiger partial charge < -0.3 is 4.74 Å². The highest BCUT2D eigenvalue weighted by Gasteiger charge is 2.14. The lowest BCUT2D eigenvalue weighted by Crippen LogP contribution is -2.36. The molecule has 0 saturated heterocycles. The molecule has 3 N–H and O–H groups in total. The molecule has 0 aliphatic rings. The first kappa shape index (κ1) is 14.5. The van der Waals surface area contributed by atoms with E-state index in [-0.39, 0.29) is 0 Å². The predicted octanol–water partition coefficient (Wildman–Crippen LogP) is 2.38. The lowest BCUT2D eigenvalue weighted by Gasteiger charge is -2.18. The molecule has 0 aliphatic carbocycles. The van der Waals surface area contributed by atoms with Gasteiger partial charge >= 0.3 is 6.09 Å². The number of hydrazine groups is 1. The van der Waals surface area contributed by atoms with Gasteiger partial charge in [-0.1, -0.05) is 35.9 Å². The number of aryl methyl sites for hydroxylation is 1. The lowest BCUT2D eigenvalue weighted by molar-refractivity contribution is 0.0527. The molecular weight excluding hydrogens is 204 g/mol. The molecule has 0 unspecified atom stereocenters. The Hall–Kier alpha value is -1.55. The van der Waals surface area contributed by atoms with E-state index in [2.05, 4.69) is 19.1 Å². The fraction of sp³-hybridized carbons (Fsp3) is 0.417. The summed E-state index contributed by atoms with van der Waals surface area (Å²) < 4.78 is 4.71. The maximum absolute atomic E-state index is 10.4. The van der Waals surface area contributed by atoms with E-state index in [0.29, 0.717) is 0 Å². The monoisotopic (exact) mass is 224 g/mol. The molecule has 4 nitrogen and oxygen atoms in total. The van der Waals surface area contributed by atoms with Crippen LogP contribution in [0.2, 0.25) is 0 Å². The second-order valence-corrected chi connectivity index (χ2v) is 4.30. The Bertz CT molecular complexity index is 305. The summed E-state index contributed by atoms with van der Waals surface area (Å²) >= 11 is 0. The van der Waals surface area contributed by atoms with Gasteiger partial charge in [0, 0.05) is 0 Å². The molecule has 1 amide bonds. The lowest BCUT2D eigenvalue weighted by atomic mass is 10.2. The second kappa shape index (κ2) is 6.85. The van der Waals surface area contributed by atoms with Crippen molar-refractivity contribution >= 4 is 6.09 Å². The van der Waals surface area contributed by atoms with Crippen molar-refractivity contribution in [2.75, 3.05) is 0 Å². The van der Waals surface area contributed by atoms with Crippen LogP contribution in [0.3, 0.4) is 0 Å². The van der Waals surface area contributed by atoms with E-state index in [0.717, 1.165) is 0 Å². The highest BCUT2D eigenvalue weighted by molar-refractivity contribution is 5.66.